The Balaban J connectivity index is 2.54. The number of aromatic amines is 1. The number of H-pyrrole nitrogens is 1. The molecule has 0 fully saturated rings. The fourth-order valence-electron chi connectivity index (χ4n) is 2.21. The summed E-state index contributed by atoms with van der Waals surface area (Å²) in [6, 6.07) is 3.64. The van der Waals surface area contributed by atoms with Gasteiger partial charge in [-0.25, -0.2) is 9.89 Å². The lowest BCUT2D eigenvalue weighted by Crippen LogP contribution is -2.30. The molecule has 92 valence electrons. The number of aromatic nitrogens is 4. The van der Waals surface area contributed by atoms with Crippen molar-refractivity contribution >= 4 is 5.65 Å². The van der Waals surface area contributed by atoms with Crippen molar-refractivity contribution in [2.45, 2.75) is 32.7 Å². The van der Waals surface area contributed by atoms with Gasteiger partial charge in [-0.05, 0) is 25.0 Å². The summed E-state index contributed by atoms with van der Waals surface area (Å²) >= 11 is 0. The van der Waals surface area contributed by atoms with Crippen LogP contribution in [0.5, 0.6) is 0 Å². The molecule has 17 heavy (non-hydrogen) atoms. The van der Waals surface area contributed by atoms with Gasteiger partial charge < -0.3 is 5.73 Å². The molecule has 2 heterocycles. The highest BCUT2D eigenvalue weighted by molar-refractivity contribution is 5.35. The highest BCUT2D eigenvalue weighted by atomic mass is 16.2. The lowest BCUT2D eigenvalue weighted by atomic mass is 9.87. The van der Waals surface area contributed by atoms with Gasteiger partial charge in [0.2, 0.25) is 0 Å². The predicted molar refractivity (Wildman–Crippen MR) is 64.8 cm³/mol. The lowest BCUT2D eigenvalue weighted by molar-refractivity contribution is 0.422. The Morgan fingerprint density at radius 2 is 2.06 bits per heavy atom. The largest absolute Gasteiger partial charge is 0.364 e. The zero-order valence-electron chi connectivity index (χ0n) is 10.2. The zero-order valence-corrected chi connectivity index (χ0v) is 10.2. The molecule has 0 aliphatic heterocycles. The van der Waals surface area contributed by atoms with Crippen molar-refractivity contribution in [3.63, 3.8) is 0 Å². The second-order valence-corrected chi connectivity index (χ2v) is 4.69. The van der Waals surface area contributed by atoms with E-state index in [0.717, 1.165) is 5.69 Å². The predicted octanol–water partition coefficient (Wildman–Crippen LogP) is 0.504. The first-order valence-electron chi connectivity index (χ1n) is 5.70. The summed E-state index contributed by atoms with van der Waals surface area (Å²) in [5, 5.41) is 10.5. The van der Waals surface area contributed by atoms with Crippen LogP contribution in [0.3, 0.4) is 0 Å². The van der Waals surface area contributed by atoms with Gasteiger partial charge in [-0.3, -0.25) is 0 Å². The van der Waals surface area contributed by atoms with E-state index in [2.05, 4.69) is 29.1 Å². The van der Waals surface area contributed by atoms with Gasteiger partial charge in [0.1, 0.15) is 0 Å². The molecule has 2 unspecified atom stereocenters. The van der Waals surface area contributed by atoms with E-state index in [1.807, 2.05) is 13.0 Å². The molecule has 6 nitrogen and oxygen atoms in total. The topological polar surface area (TPSA) is 89.1 Å². The van der Waals surface area contributed by atoms with E-state index in [-0.39, 0.29) is 17.6 Å². The molecule has 0 bridgehead atoms. The Labute approximate surface area is 98.8 Å². The summed E-state index contributed by atoms with van der Waals surface area (Å²) in [5.41, 5.74) is 7.00. The van der Waals surface area contributed by atoms with E-state index < -0.39 is 0 Å². The molecule has 0 radical (unpaired) electrons. The first-order valence-corrected chi connectivity index (χ1v) is 5.70. The first kappa shape index (κ1) is 11.8. The average Bonchev–Trinajstić information content (AvgIpc) is 2.59. The van der Waals surface area contributed by atoms with Crippen LogP contribution >= 0.6 is 0 Å². The van der Waals surface area contributed by atoms with Crippen LogP contribution in [0, 0.1) is 5.92 Å². The summed E-state index contributed by atoms with van der Waals surface area (Å²) in [5.74, 6) is 0.490. The SMILES string of the molecule is CC(C)C(c1ccc2n[nH]c(=O)n2n1)C(C)N. The van der Waals surface area contributed by atoms with Gasteiger partial charge in [-0.1, -0.05) is 13.8 Å². The molecule has 0 aromatic carbocycles. The Morgan fingerprint density at radius 3 is 2.65 bits per heavy atom. The van der Waals surface area contributed by atoms with Crippen LogP contribution in [0.25, 0.3) is 5.65 Å². The van der Waals surface area contributed by atoms with E-state index in [1.54, 1.807) is 6.07 Å². The van der Waals surface area contributed by atoms with Crippen molar-refractivity contribution in [1.29, 1.82) is 0 Å². The average molecular weight is 235 g/mol. The zero-order chi connectivity index (χ0) is 12.6. The van der Waals surface area contributed by atoms with Crippen molar-refractivity contribution in [1.82, 2.24) is 19.8 Å². The quantitative estimate of drug-likeness (QED) is 0.811. The minimum absolute atomic E-state index is 0.0115. The molecule has 0 saturated carbocycles. The number of fused-ring (bicyclic) bond motifs is 1. The van der Waals surface area contributed by atoms with Crippen LogP contribution in [0.2, 0.25) is 0 Å². The Kier molecular flexibility index (Phi) is 2.97. The summed E-state index contributed by atoms with van der Waals surface area (Å²) < 4.78 is 1.27. The van der Waals surface area contributed by atoms with Gasteiger partial charge in [0.25, 0.3) is 0 Å². The van der Waals surface area contributed by atoms with Crippen LogP contribution in [-0.4, -0.2) is 25.9 Å². The van der Waals surface area contributed by atoms with E-state index in [4.69, 9.17) is 5.73 Å². The molecule has 0 aliphatic carbocycles. The fraction of sp³-hybridized carbons (Fsp3) is 0.545. The molecule has 2 rings (SSSR count). The first-order chi connectivity index (χ1) is 8.00. The van der Waals surface area contributed by atoms with Crippen molar-refractivity contribution < 1.29 is 0 Å². The summed E-state index contributed by atoms with van der Waals surface area (Å²) in [6.07, 6.45) is 0. The highest BCUT2D eigenvalue weighted by Crippen LogP contribution is 2.25. The van der Waals surface area contributed by atoms with Gasteiger partial charge in [0.05, 0.1) is 5.69 Å². The van der Waals surface area contributed by atoms with Crippen LogP contribution < -0.4 is 11.4 Å². The van der Waals surface area contributed by atoms with E-state index in [0.29, 0.717) is 11.6 Å². The van der Waals surface area contributed by atoms with E-state index in [1.165, 1.54) is 4.52 Å². The van der Waals surface area contributed by atoms with Gasteiger partial charge in [-0.2, -0.15) is 14.7 Å². The molecule has 0 amide bonds. The molecular formula is C11H17N5O. The van der Waals surface area contributed by atoms with Crippen molar-refractivity contribution in [3.8, 4) is 0 Å². The fourth-order valence-corrected chi connectivity index (χ4v) is 2.21. The van der Waals surface area contributed by atoms with Crippen molar-refractivity contribution in [2.24, 2.45) is 11.7 Å². The molecule has 6 heteroatoms. The molecule has 0 aliphatic rings. The van der Waals surface area contributed by atoms with E-state index >= 15 is 0 Å². The Morgan fingerprint density at radius 1 is 1.35 bits per heavy atom. The number of rotatable bonds is 3. The molecule has 2 aromatic rings. The minimum Gasteiger partial charge on any atom is -0.327 e. The number of nitrogens with one attached hydrogen (secondary N) is 1. The van der Waals surface area contributed by atoms with E-state index in [9.17, 15) is 4.79 Å². The number of hydrogen-bond donors (Lipinski definition) is 2. The van der Waals surface area contributed by atoms with Crippen LogP contribution in [0.4, 0.5) is 0 Å². The maximum Gasteiger partial charge on any atom is 0.364 e. The third-order valence-electron chi connectivity index (χ3n) is 2.92. The maximum atomic E-state index is 11.4. The number of nitrogens with two attached hydrogens (primary N) is 1. The molecule has 2 atom stereocenters. The third-order valence-corrected chi connectivity index (χ3v) is 2.92. The molecule has 2 aromatic heterocycles. The Hall–Kier alpha value is -1.69. The lowest BCUT2D eigenvalue weighted by Gasteiger charge is -2.23. The second-order valence-electron chi connectivity index (χ2n) is 4.69. The standard InChI is InChI=1S/C11H17N5O/c1-6(2)10(7(3)12)8-4-5-9-13-14-11(17)16(9)15-8/h4-7,10H,12H2,1-3H3,(H,14,17). The van der Waals surface area contributed by atoms with Gasteiger partial charge in [-0.15, -0.1) is 0 Å². The number of nitrogens with zero attached hydrogens (tertiary/aromatic N) is 3. The maximum absolute atomic E-state index is 11.4. The van der Waals surface area contributed by atoms with Crippen LogP contribution in [0.1, 0.15) is 32.4 Å². The van der Waals surface area contributed by atoms with Crippen LogP contribution in [-0.2, 0) is 0 Å². The summed E-state index contributed by atoms with van der Waals surface area (Å²) in [7, 11) is 0. The summed E-state index contributed by atoms with van der Waals surface area (Å²) in [6.45, 7) is 6.14. The van der Waals surface area contributed by atoms with Gasteiger partial charge >= 0.3 is 5.69 Å². The smallest absolute Gasteiger partial charge is 0.327 e. The van der Waals surface area contributed by atoms with Gasteiger partial charge in [0.15, 0.2) is 5.65 Å². The monoisotopic (exact) mass is 235 g/mol. The number of hydrogen-bond acceptors (Lipinski definition) is 4. The molecule has 3 N–H and O–H groups in total. The molecular weight excluding hydrogens is 218 g/mol. The Bertz CT molecular complexity index is 560. The summed E-state index contributed by atoms with van der Waals surface area (Å²) in [4.78, 5) is 11.4. The second kappa shape index (κ2) is 4.29. The normalized spacial score (nSPS) is 15.4. The minimum atomic E-state index is -0.325. The van der Waals surface area contributed by atoms with Crippen LogP contribution in [0.15, 0.2) is 16.9 Å². The van der Waals surface area contributed by atoms with Gasteiger partial charge in [0, 0.05) is 12.0 Å². The van der Waals surface area contributed by atoms with Crippen molar-refractivity contribution in [3.05, 3.63) is 28.3 Å². The third kappa shape index (κ3) is 2.08. The molecule has 0 saturated heterocycles. The molecule has 0 spiro atoms. The highest BCUT2D eigenvalue weighted by Gasteiger charge is 2.22. The van der Waals surface area contributed by atoms with Crippen molar-refractivity contribution in [2.75, 3.05) is 0 Å².